The van der Waals surface area contributed by atoms with E-state index in [4.69, 9.17) is 10.1 Å². The zero-order valence-corrected chi connectivity index (χ0v) is 42.7. The van der Waals surface area contributed by atoms with Crippen molar-refractivity contribution in [2.75, 3.05) is 0 Å². The van der Waals surface area contributed by atoms with Crippen LogP contribution in [0.4, 0.5) is 0 Å². The van der Waals surface area contributed by atoms with Crippen molar-refractivity contribution >= 4 is 33.0 Å². The molecule has 0 saturated heterocycles. The van der Waals surface area contributed by atoms with Crippen LogP contribution in [0.1, 0.15) is 177 Å². The molecule has 6 aromatic carbocycles. The van der Waals surface area contributed by atoms with E-state index in [1.807, 2.05) is 6.20 Å². The first-order valence-corrected chi connectivity index (χ1v) is 25.2. The average Bonchev–Trinajstić information content (AvgIpc) is 3.94. The molecule has 0 N–H and O–H groups in total. The minimum atomic E-state index is -0.193. The molecule has 68 heavy (non-hydrogen) atoms. The summed E-state index contributed by atoms with van der Waals surface area (Å²) < 4.78 is 7.25. The molecule has 0 spiro atoms. The highest BCUT2D eigenvalue weighted by atomic mass is 15.4. The summed E-state index contributed by atoms with van der Waals surface area (Å²) in [6.07, 6.45) is 1.96. The average molecular weight is 894 g/mol. The van der Waals surface area contributed by atoms with Gasteiger partial charge in [0.25, 0.3) is 0 Å². The van der Waals surface area contributed by atoms with Gasteiger partial charge in [-0.2, -0.15) is 0 Å². The molecule has 5 heteroatoms. The first kappa shape index (κ1) is 44.1. The quantitative estimate of drug-likeness (QED) is 0.150. The van der Waals surface area contributed by atoms with Gasteiger partial charge in [-0.15, -0.1) is 5.10 Å². The Morgan fingerprint density at radius 3 is 1.37 bits per heavy atom. The molecule has 0 atom stereocenters. The lowest BCUT2D eigenvalue weighted by Gasteiger charge is -2.24. The molecule has 9 aromatic rings. The Morgan fingerprint density at radius 1 is 0.426 bits per heavy atom. The lowest BCUT2D eigenvalue weighted by atomic mass is 9.82. The first-order chi connectivity index (χ1) is 32.4. The summed E-state index contributed by atoms with van der Waals surface area (Å²) >= 11 is 0. The monoisotopic (exact) mass is 894 g/mol. The van der Waals surface area contributed by atoms with Crippen molar-refractivity contribution in [1.82, 2.24) is 18.8 Å². The maximum atomic E-state index is 6.25. The van der Waals surface area contributed by atoms with Crippen LogP contribution in [0.2, 0.25) is 0 Å². The third-order valence-electron chi connectivity index (χ3n) is 15.8. The summed E-state index contributed by atoms with van der Waals surface area (Å²) in [4.78, 5) is 5.37. The van der Waals surface area contributed by atoms with Gasteiger partial charge in [-0.3, -0.25) is 9.13 Å². The molecule has 0 amide bonds. The van der Waals surface area contributed by atoms with Crippen molar-refractivity contribution in [3.05, 3.63) is 177 Å². The van der Waals surface area contributed by atoms with E-state index in [-0.39, 0.29) is 34.5 Å². The molecule has 0 aliphatic heterocycles. The van der Waals surface area contributed by atoms with Crippen molar-refractivity contribution in [2.45, 2.75) is 137 Å². The molecule has 0 fully saturated rings. The lowest BCUT2D eigenvalue weighted by Crippen LogP contribution is -2.29. The molecule has 0 radical (unpaired) electrons. The van der Waals surface area contributed by atoms with Gasteiger partial charge in [0.2, 0.25) is 5.62 Å². The molecule has 0 bridgehead atoms. The van der Waals surface area contributed by atoms with Gasteiger partial charge in [-0.05, 0) is 138 Å². The molecule has 3 aromatic heterocycles. The summed E-state index contributed by atoms with van der Waals surface area (Å²) in [5.41, 5.74) is 24.2. The SMILES string of the molecule is CC(C)c1cc(C(C)C)c(-n2/c(=N\n3c4cc5c(cc4c4cc6c(cc43)C(C)(C)c3ccccc3-6)-c3ccccc3C5(C)C)n(-c3c(C(C)C)cccc3C(C)C)c3ncccc32)c(C(C)C)c1. The van der Waals surface area contributed by atoms with Gasteiger partial charge in [-0.25, -0.2) is 9.66 Å². The zero-order valence-electron chi connectivity index (χ0n) is 42.7. The second-order valence-corrected chi connectivity index (χ2v) is 22.5. The highest BCUT2D eigenvalue weighted by Crippen LogP contribution is 2.54. The summed E-state index contributed by atoms with van der Waals surface area (Å²) in [5, 5.41) is 8.68. The summed E-state index contributed by atoms with van der Waals surface area (Å²) in [6, 6.07) is 44.1. The number of hydrogen-bond donors (Lipinski definition) is 0. The molecule has 0 saturated carbocycles. The minimum absolute atomic E-state index is 0.193. The van der Waals surface area contributed by atoms with Crippen LogP contribution in [-0.2, 0) is 10.8 Å². The largest absolute Gasteiger partial charge is 0.275 e. The van der Waals surface area contributed by atoms with E-state index in [1.165, 1.54) is 94.5 Å². The fraction of sp³-hybridized carbons (Fsp3) is 0.333. The number of aromatic nitrogens is 4. The predicted octanol–water partition coefficient (Wildman–Crippen LogP) is 16.5. The Labute approximate surface area is 403 Å². The number of para-hydroxylation sites is 1. The molecule has 2 aliphatic rings. The van der Waals surface area contributed by atoms with Crippen molar-refractivity contribution < 1.29 is 0 Å². The van der Waals surface area contributed by atoms with Gasteiger partial charge < -0.3 is 0 Å². The molecule has 2 aliphatic carbocycles. The number of fused-ring (bicyclic) bond motifs is 10. The van der Waals surface area contributed by atoms with E-state index in [0.29, 0.717) is 5.92 Å². The number of imidazole rings is 1. The van der Waals surface area contributed by atoms with Crippen LogP contribution in [0.5, 0.6) is 0 Å². The lowest BCUT2D eigenvalue weighted by molar-refractivity contribution is 0.660. The van der Waals surface area contributed by atoms with Gasteiger partial charge in [-0.1, -0.05) is 176 Å². The fourth-order valence-electron chi connectivity index (χ4n) is 12.1. The van der Waals surface area contributed by atoms with Crippen LogP contribution in [0.15, 0.2) is 127 Å². The molecule has 11 rings (SSSR count). The molecule has 5 nitrogen and oxygen atoms in total. The molecule has 0 unspecified atom stereocenters. The number of hydrogen-bond acceptors (Lipinski definition) is 2. The van der Waals surface area contributed by atoms with E-state index in [1.54, 1.807) is 0 Å². The minimum Gasteiger partial charge on any atom is -0.275 e. The Hall–Kier alpha value is -6.46. The van der Waals surface area contributed by atoms with Crippen molar-refractivity contribution in [1.29, 1.82) is 0 Å². The Morgan fingerprint density at radius 2 is 0.897 bits per heavy atom. The molecular formula is C63H67N5. The van der Waals surface area contributed by atoms with Crippen LogP contribution in [-0.4, -0.2) is 18.8 Å². The highest BCUT2D eigenvalue weighted by molar-refractivity contribution is 6.12. The zero-order chi connectivity index (χ0) is 47.9. The van der Waals surface area contributed by atoms with Gasteiger partial charge in [0.05, 0.1) is 27.9 Å². The number of nitrogens with zero attached hydrogens (tertiary/aromatic N) is 5. The van der Waals surface area contributed by atoms with Crippen LogP contribution in [0.3, 0.4) is 0 Å². The van der Waals surface area contributed by atoms with Crippen molar-refractivity contribution in [2.24, 2.45) is 5.10 Å². The van der Waals surface area contributed by atoms with E-state index in [2.05, 4.69) is 226 Å². The Kier molecular flexibility index (Phi) is 10.1. The number of benzene rings is 6. The molecule has 3 heterocycles. The summed E-state index contributed by atoms with van der Waals surface area (Å²) in [5.74, 6) is 1.38. The predicted molar refractivity (Wildman–Crippen MR) is 286 cm³/mol. The topological polar surface area (TPSA) is 40.0 Å². The van der Waals surface area contributed by atoms with Gasteiger partial charge in [0.1, 0.15) is 0 Å². The molecular weight excluding hydrogens is 827 g/mol. The standard InChI is InChI=1S/C63H67N5/c1-35(2)40-29-45(38(7)8)59(46(30-40)39(9)10)66-55-27-20-28-64-60(55)67(58-41(36(3)4)23-19-24-42(58)37(5)6)61(66)65-68-56-33-53-47(43-21-15-17-25-51(43)62(53,11)12)31-49(56)50-32-48-44-22-16-18-26-52(44)63(13,14)54(48)34-57(50)68/h15-39H,1-14H3/b65-61+. The normalized spacial score (nSPS) is 15.0. The van der Waals surface area contributed by atoms with Gasteiger partial charge in [0.15, 0.2) is 5.65 Å². The van der Waals surface area contributed by atoms with E-state index < -0.39 is 0 Å². The van der Waals surface area contributed by atoms with Gasteiger partial charge >= 0.3 is 0 Å². The second-order valence-electron chi connectivity index (χ2n) is 22.5. The van der Waals surface area contributed by atoms with Crippen LogP contribution in [0, 0.1) is 0 Å². The first-order valence-electron chi connectivity index (χ1n) is 25.2. The van der Waals surface area contributed by atoms with Crippen LogP contribution in [0.25, 0.3) is 66.6 Å². The third kappa shape index (κ3) is 6.26. The highest BCUT2D eigenvalue weighted by Gasteiger charge is 2.39. The summed E-state index contributed by atoms with van der Waals surface area (Å²) in [6.45, 7) is 32.8. The number of rotatable bonds is 8. The van der Waals surface area contributed by atoms with Crippen LogP contribution < -0.4 is 5.62 Å². The third-order valence-corrected chi connectivity index (χ3v) is 15.8. The van der Waals surface area contributed by atoms with Gasteiger partial charge in [0, 0.05) is 27.8 Å². The maximum Gasteiger partial charge on any atom is 0.239 e. The van der Waals surface area contributed by atoms with Crippen LogP contribution >= 0.6 is 0 Å². The fourth-order valence-corrected chi connectivity index (χ4v) is 12.1. The summed E-state index contributed by atoms with van der Waals surface area (Å²) in [7, 11) is 0. The Bertz CT molecular complexity index is 3440. The van der Waals surface area contributed by atoms with E-state index >= 15 is 0 Å². The smallest absolute Gasteiger partial charge is 0.239 e. The van der Waals surface area contributed by atoms with E-state index in [0.717, 1.165) is 27.8 Å². The Balaban J connectivity index is 1.39. The van der Waals surface area contributed by atoms with Crippen molar-refractivity contribution in [3.8, 4) is 33.6 Å². The van der Waals surface area contributed by atoms with Crippen molar-refractivity contribution in [3.63, 3.8) is 0 Å². The second kappa shape index (κ2) is 15.5. The van der Waals surface area contributed by atoms with E-state index in [9.17, 15) is 0 Å². The molecule has 344 valence electrons. The maximum absolute atomic E-state index is 6.25. The number of pyridine rings is 1.